The second-order valence-corrected chi connectivity index (χ2v) is 6.26. The van der Waals surface area contributed by atoms with Gasteiger partial charge in [0.25, 0.3) is 5.91 Å². The molecule has 0 unspecified atom stereocenters. The number of carbonyl (C=O) groups is 2. The number of nitrogens with zero attached hydrogens (tertiary/aromatic N) is 1. The largest absolute Gasteiger partial charge is 0.490 e. The molecule has 0 fully saturated rings. The van der Waals surface area contributed by atoms with E-state index in [1.165, 1.54) is 0 Å². The van der Waals surface area contributed by atoms with Crippen molar-refractivity contribution in [3.63, 3.8) is 0 Å². The Labute approximate surface area is 147 Å². The molecule has 0 radical (unpaired) electrons. The Morgan fingerprint density at radius 1 is 1.08 bits per heavy atom. The first kappa shape index (κ1) is 17.0. The summed E-state index contributed by atoms with van der Waals surface area (Å²) in [5.41, 5.74) is 4.05. The van der Waals surface area contributed by atoms with Crippen LogP contribution in [-0.4, -0.2) is 31.6 Å². The summed E-state index contributed by atoms with van der Waals surface area (Å²) in [6.07, 6.45) is 0. The summed E-state index contributed by atoms with van der Waals surface area (Å²) >= 11 is 0. The average Bonchev–Trinajstić information content (AvgIpc) is 2.60. The molecule has 1 heterocycles. The molecule has 0 aromatic heterocycles. The highest BCUT2D eigenvalue weighted by atomic mass is 16.5. The van der Waals surface area contributed by atoms with Crippen molar-refractivity contribution in [3.8, 4) is 5.75 Å². The maximum Gasteiger partial charge on any atom is 0.338 e. The lowest BCUT2D eigenvalue weighted by atomic mass is 10.1. The molecule has 0 saturated heterocycles. The van der Waals surface area contributed by atoms with Gasteiger partial charge in [-0.05, 0) is 50.1 Å². The van der Waals surface area contributed by atoms with Gasteiger partial charge in [0.15, 0.2) is 6.61 Å². The van der Waals surface area contributed by atoms with Crippen LogP contribution in [-0.2, 0) is 9.53 Å². The van der Waals surface area contributed by atoms with E-state index in [4.69, 9.17) is 9.47 Å². The standard InChI is InChI=1S/C20H21NO4/c1-13-4-6-15(3)16(10-13)20(23)25-12-19(22)21-8-9-24-18-7-5-14(2)11-17(18)21/h4-7,10-11H,8-9,12H2,1-3H3. The number of aryl methyl sites for hydroxylation is 3. The van der Waals surface area contributed by atoms with Crippen molar-refractivity contribution in [1.82, 2.24) is 0 Å². The Morgan fingerprint density at radius 2 is 1.80 bits per heavy atom. The summed E-state index contributed by atoms with van der Waals surface area (Å²) in [5.74, 6) is -0.0628. The smallest absolute Gasteiger partial charge is 0.338 e. The van der Waals surface area contributed by atoms with Gasteiger partial charge in [-0.3, -0.25) is 4.79 Å². The molecule has 0 N–H and O–H groups in total. The molecule has 1 amide bonds. The van der Waals surface area contributed by atoms with Crippen molar-refractivity contribution in [1.29, 1.82) is 0 Å². The fourth-order valence-corrected chi connectivity index (χ4v) is 2.83. The molecular weight excluding hydrogens is 318 g/mol. The zero-order valence-electron chi connectivity index (χ0n) is 14.7. The van der Waals surface area contributed by atoms with Crippen LogP contribution < -0.4 is 9.64 Å². The molecule has 2 aromatic carbocycles. The third kappa shape index (κ3) is 3.65. The van der Waals surface area contributed by atoms with Crippen molar-refractivity contribution >= 4 is 17.6 Å². The van der Waals surface area contributed by atoms with Crippen LogP contribution in [0.2, 0.25) is 0 Å². The number of anilines is 1. The molecule has 25 heavy (non-hydrogen) atoms. The zero-order chi connectivity index (χ0) is 18.0. The van der Waals surface area contributed by atoms with Gasteiger partial charge < -0.3 is 14.4 Å². The zero-order valence-corrected chi connectivity index (χ0v) is 14.7. The van der Waals surface area contributed by atoms with Crippen LogP contribution >= 0.6 is 0 Å². The number of rotatable bonds is 3. The van der Waals surface area contributed by atoms with E-state index in [1.807, 2.05) is 51.1 Å². The Bertz CT molecular complexity index is 828. The first-order chi connectivity index (χ1) is 12.0. The Balaban J connectivity index is 1.71. The minimum atomic E-state index is -0.479. The third-order valence-corrected chi connectivity index (χ3v) is 4.22. The lowest BCUT2D eigenvalue weighted by molar-refractivity contribution is -0.121. The van der Waals surface area contributed by atoms with Gasteiger partial charge in [-0.1, -0.05) is 23.8 Å². The predicted octanol–water partition coefficient (Wildman–Crippen LogP) is 3.19. The summed E-state index contributed by atoms with van der Waals surface area (Å²) < 4.78 is 10.8. The first-order valence-electron chi connectivity index (χ1n) is 8.24. The van der Waals surface area contributed by atoms with E-state index >= 15 is 0 Å². The quantitative estimate of drug-likeness (QED) is 0.806. The van der Waals surface area contributed by atoms with E-state index in [2.05, 4.69) is 0 Å². The number of hydrogen-bond donors (Lipinski definition) is 0. The summed E-state index contributed by atoms with van der Waals surface area (Å²) in [5, 5.41) is 0. The van der Waals surface area contributed by atoms with Gasteiger partial charge >= 0.3 is 5.97 Å². The summed E-state index contributed by atoms with van der Waals surface area (Å²) in [6, 6.07) is 11.3. The maximum atomic E-state index is 12.6. The second-order valence-electron chi connectivity index (χ2n) is 6.26. The molecule has 3 rings (SSSR count). The molecule has 0 atom stereocenters. The first-order valence-corrected chi connectivity index (χ1v) is 8.24. The number of ether oxygens (including phenoxy) is 2. The Morgan fingerprint density at radius 3 is 2.60 bits per heavy atom. The third-order valence-electron chi connectivity index (χ3n) is 4.22. The van der Waals surface area contributed by atoms with Crippen LogP contribution in [0.15, 0.2) is 36.4 Å². The molecular formula is C20H21NO4. The van der Waals surface area contributed by atoms with Crippen LogP contribution in [0, 0.1) is 20.8 Å². The lowest BCUT2D eigenvalue weighted by Crippen LogP contribution is -2.40. The van der Waals surface area contributed by atoms with Gasteiger partial charge in [0.2, 0.25) is 0 Å². The Hall–Kier alpha value is -2.82. The normalized spacial score (nSPS) is 13.0. The molecule has 0 saturated carbocycles. The van der Waals surface area contributed by atoms with Gasteiger partial charge in [0.05, 0.1) is 17.8 Å². The van der Waals surface area contributed by atoms with E-state index in [0.29, 0.717) is 24.5 Å². The van der Waals surface area contributed by atoms with E-state index in [9.17, 15) is 9.59 Å². The van der Waals surface area contributed by atoms with Gasteiger partial charge in [0, 0.05) is 0 Å². The summed E-state index contributed by atoms with van der Waals surface area (Å²) in [7, 11) is 0. The van der Waals surface area contributed by atoms with Crippen LogP contribution in [0.4, 0.5) is 5.69 Å². The van der Waals surface area contributed by atoms with Crippen molar-refractivity contribution in [2.75, 3.05) is 24.7 Å². The van der Waals surface area contributed by atoms with E-state index in [-0.39, 0.29) is 12.5 Å². The number of fused-ring (bicyclic) bond motifs is 1. The molecule has 130 valence electrons. The number of esters is 1. The average molecular weight is 339 g/mol. The van der Waals surface area contributed by atoms with E-state index in [0.717, 1.165) is 22.4 Å². The number of benzene rings is 2. The number of amides is 1. The van der Waals surface area contributed by atoms with Crippen molar-refractivity contribution in [2.24, 2.45) is 0 Å². The molecule has 5 heteroatoms. The second kappa shape index (κ2) is 6.97. The van der Waals surface area contributed by atoms with Crippen LogP contribution in [0.5, 0.6) is 5.75 Å². The molecule has 0 aliphatic carbocycles. The van der Waals surface area contributed by atoms with E-state index in [1.54, 1.807) is 11.0 Å². The van der Waals surface area contributed by atoms with Crippen LogP contribution in [0.25, 0.3) is 0 Å². The van der Waals surface area contributed by atoms with Gasteiger partial charge in [-0.2, -0.15) is 0 Å². The monoisotopic (exact) mass is 339 g/mol. The molecule has 2 aromatic rings. The molecule has 1 aliphatic rings. The van der Waals surface area contributed by atoms with Crippen LogP contribution in [0.3, 0.4) is 0 Å². The summed E-state index contributed by atoms with van der Waals surface area (Å²) in [4.78, 5) is 26.5. The predicted molar refractivity (Wildman–Crippen MR) is 95.2 cm³/mol. The summed E-state index contributed by atoms with van der Waals surface area (Å²) in [6.45, 7) is 6.29. The minimum Gasteiger partial charge on any atom is -0.490 e. The number of hydrogen-bond acceptors (Lipinski definition) is 4. The highest BCUT2D eigenvalue weighted by molar-refractivity contribution is 5.98. The van der Waals surface area contributed by atoms with Gasteiger partial charge in [-0.15, -0.1) is 0 Å². The highest BCUT2D eigenvalue weighted by Crippen LogP contribution is 2.32. The van der Waals surface area contributed by atoms with Gasteiger partial charge in [0.1, 0.15) is 12.4 Å². The molecule has 1 aliphatic heterocycles. The van der Waals surface area contributed by atoms with Gasteiger partial charge in [-0.25, -0.2) is 4.79 Å². The molecule has 0 spiro atoms. The maximum absolute atomic E-state index is 12.6. The molecule has 5 nitrogen and oxygen atoms in total. The topological polar surface area (TPSA) is 55.8 Å². The Kier molecular flexibility index (Phi) is 4.74. The fraction of sp³-hybridized carbons (Fsp3) is 0.300. The molecule has 0 bridgehead atoms. The lowest BCUT2D eigenvalue weighted by Gasteiger charge is -2.29. The van der Waals surface area contributed by atoms with E-state index < -0.39 is 5.97 Å². The van der Waals surface area contributed by atoms with Crippen molar-refractivity contribution in [2.45, 2.75) is 20.8 Å². The SMILES string of the molecule is Cc1ccc(C)c(C(=O)OCC(=O)N2CCOc3ccc(C)cc32)c1. The van der Waals surface area contributed by atoms with Crippen molar-refractivity contribution in [3.05, 3.63) is 58.7 Å². The van der Waals surface area contributed by atoms with Crippen molar-refractivity contribution < 1.29 is 19.1 Å². The fourth-order valence-electron chi connectivity index (χ4n) is 2.83. The van der Waals surface area contributed by atoms with Crippen LogP contribution in [0.1, 0.15) is 27.0 Å². The highest BCUT2D eigenvalue weighted by Gasteiger charge is 2.25. The minimum absolute atomic E-state index is 0.256. The number of carbonyl (C=O) groups excluding carboxylic acids is 2.